The summed E-state index contributed by atoms with van der Waals surface area (Å²) in [5, 5.41) is 0. The Labute approximate surface area is 101 Å². The molecule has 0 aliphatic heterocycles. The summed E-state index contributed by atoms with van der Waals surface area (Å²) in [6.07, 6.45) is 0.448. The lowest BCUT2D eigenvalue weighted by molar-refractivity contribution is -0.142. The van der Waals surface area contributed by atoms with Gasteiger partial charge in [-0.25, -0.2) is 0 Å². The largest absolute Gasteiger partial charge is 0.497 e. The molecular weight excluding hydrogens is 230 g/mol. The van der Waals surface area contributed by atoms with E-state index in [1.165, 1.54) is 7.11 Å². The molecule has 0 aliphatic rings. The summed E-state index contributed by atoms with van der Waals surface area (Å²) < 4.78 is 9.61. The molecule has 0 saturated heterocycles. The van der Waals surface area contributed by atoms with Crippen LogP contribution in [0.15, 0.2) is 24.3 Å². The summed E-state index contributed by atoms with van der Waals surface area (Å²) in [6, 6.07) is 6.82. The summed E-state index contributed by atoms with van der Waals surface area (Å²) in [5.74, 6) is 0.349. The second-order valence-corrected chi connectivity index (χ2v) is 3.19. The van der Waals surface area contributed by atoms with Crippen LogP contribution in [0.3, 0.4) is 0 Å². The van der Waals surface area contributed by atoms with Crippen molar-refractivity contribution in [1.29, 1.82) is 0 Å². The molecule has 1 aromatic rings. The molecule has 5 heteroatoms. The third-order valence-electron chi connectivity index (χ3n) is 2.09. The fourth-order valence-electron chi connectivity index (χ4n) is 1.29. The highest BCUT2D eigenvalue weighted by molar-refractivity contribution is 5.85. The van der Waals surface area contributed by atoms with Gasteiger partial charge in [0, 0.05) is 0 Å². The molecular formula is C11H16ClNO3. The summed E-state index contributed by atoms with van der Waals surface area (Å²) in [7, 11) is 2.92. The lowest BCUT2D eigenvalue weighted by Crippen LogP contribution is -2.33. The topological polar surface area (TPSA) is 61.5 Å². The molecule has 1 rings (SSSR count). The van der Waals surface area contributed by atoms with Gasteiger partial charge in [0.1, 0.15) is 11.8 Å². The van der Waals surface area contributed by atoms with Crippen molar-refractivity contribution < 1.29 is 14.3 Å². The standard InChI is InChI=1S/C11H15NO3.ClH/c1-14-9-5-3-4-8(6-9)7-10(12)11(13)15-2;/h3-6,10H,7,12H2,1-2H3;1H/t10-;/m1./s1. The monoisotopic (exact) mass is 245 g/mol. The van der Waals surface area contributed by atoms with Gasteiger partial charge in [0.2, 0.25) is 0 Å². The van der Waals surface area contributed by atoms with Crippen molar-refractivity contribution in [1.82, 2.24) is 0 Å². The molecule has 0 bridgehead atoms. The van der Waals surface area contributed by atoms with E-state index in [4.69, 9.17) is 10.5 Å². The van der Waals surface area contributed by atoms with E-state index in [-0.39, 0.29) is 12.4 Å². The van der Waals surface area contributed by atoms with E-state index in [2.05, 4.69) is 4.74 Å². The van der Waals surface area contributed by atoms with Crippen LogP contribution in [0.1, 0.15) is 5.56 Å². The average Bonchev–Trinajstić information content (AvgIpc) is 2.28. The van der Waals surface area contributed by atoms with Crippen LogP contribution in [0.2, 0.25) is 0 Å². The first-order chi connectivity index (χ1) is 7.17. The van der Waals surface area contributed by atoms with Crippen molar-refractivity contribution in [2.24, 2.45) is 5.73 Å². The van der Waals surface area contributed by atoms with Gasteiger partial charge >= 0.3 is 5.97 Å². The van der Waals surface area contributed by atoms with Crippen molar-refractivity contribution in [2.45, 2.75) is 12.5 Å². The van der Waals surface area contributed by atoms with Gasteiger partial charge < -0.3 is 15.2 Å². The summed E-state index contributed by atoms with van der Waals surface area (Å²) in [5.41, 5.74) is 6.59. The van der Waals surface area contributed by atoms with E-state index in [1.807, 2.05) is 24.3 Å². The van der Waals surface area contributed by atoms with Crippen molar-refractivity contribution in [3.8, 4) is 5.75 Å². The third-order valence-corrected chi connectivity index (χ3v) is 2.09. The maximum atomic E-state index is 11.1. The fraction of sp³-hybridized carbons (Fsp3) is 0.364. The van der Waals surface area contributed by atoms with E-state index in [9.17, 15) is 4.79 Å². The minimum absolute atomic E-state index is 0. The van der Waals surface area contributed by atoms with Crippen LogP contribution in [0, 0.1) is 0 Å². The lowest BCUT2D eigenvalue weighted by atomic mass is 10.1. The zero-order valence-electron chi connectivity index (χ0n) is 9.30. The van der Waals surface area contributed by atoms with Crippen LogP contribution in [-0.2, 0) is 16.0 Å². The van der Waals surface area contributed by atoms with E-state index >= 15 is 0 Å². The molecule has 4 nitrogen and oxygen atoms in total. The highest BCUT2D eigenvalue weighted by Gasteiger charge is 2.14. The van der Waals surface area contributed by atoms with Crippen molar-refractivity contribution >= 4 is 18.4 Å². The number of halogens is 1. The predicted octanol–water partition coefficient (Wildman–Crippen LogP) is 1.16. The first-order valence-electron chi connectivity index (χ1n) is 4.63. The molecule has 0 unspecified atom stereocenters. The second-order valence-electron chi connectivity index (χ2n) is 3.19. The lowest BCUT2D eigenvalue weighted by Gasteiger charge is -2.09. The van der Waals surface area contributed by atoms with Crippen LogP contribution in [0.4, 0.5) is 0 Å². The number of esters is 1. The molecule has 90 valence electrons. The van der Waals surface area contributed by atoms with Crippen LogP contribution in [0.25, 0.3) is 0 Å². The number of hydrogen-bond donors (Lipinski definition) is 1. The van der Waals surface area contributed by atoms with Crippen LogP contribution < -0.4 is 10.5 Å². The molecule has 16 heavy (non-hydrogen) atoms. The Balaban J connectivity index is 0.00000225. The number of ether oxygens (including phenoxy) is 2. The van der Waals surface area contributed by atoms with Gasteiger partial charge in [-0.15, -0.1) is 12.4 Å². The molecule has 0 spiro atoms. The zero-order valence-corrected chi connectivity index (χ0v) is 10.1. The number of nitrogens with two attached hydrogens (primary N) is 1. The zero-order chi connectivity index (χ0) is 11.3. The van der Waals surface area contributed by atoms with Crippen molar-refractivity contribution in [3.63, 3.8) is 0 Å². The molecule has 0 saturated carbocycles. The molecule has 0 heterocycles. The minimum atomic E-state index is -0.623. The summed E-state index contributed by atoms with van der Waals surface area (Å²) >= 11 is 0. The first kappa shape index (κ1) is 14.7. The molecule has 2 N–H and O–H groups in total. The van der Waals surface area contributed by atoms with Gasteiger partial charge in [0.25, 0.3) is 0 Å². The third kappa shape index (κ3) is 4.08. The van der Waals surface area contributed by atoms with Crippen LogP contribution in [0.5, 0.6) is 5.75 Å². The quantitative estimate of drug-likeness (QED) is 0.809. The van der Waals surface area contributed by atoms with Gasteiger partial charge in [0.15, 0.2) is 0 Å². The maximum absolute atomic E-state index is 11.1. The highest BCUT2D eigenvalue weighted by atomic mass is 35.5. The Morgan fingerprint density at radius 2 is 2.12 bits per heavy atom. The molecule has 0 fully saturated rings. The Morgan fingerprint density at radius 1 is 1.44 bits per heavy atom. The second kappa shape index (κ2) is 7.09. The minimum Gasteiger partial charge on any atom is -0.497 e. The molecule has 0 radical (unpaired) electrons. The van der Waals surface area contributed by atoms with Gasteiger partial charge in [-0.1, -0.05) is 12.1 Å². The summed E-state index contributed by atoms with van der Waals surface area (Å²) in [6.45, 7) is 0. The highest BCUT2D eigenvalue weighted by Crippen LogP contribution is 2.13. The molecule has 0 amide bonds. The molecule has 0 aliphatic carbocycles. The first-order valence-corrected chi connectivity index (χ1v) is 4.63. The smallest absolute Gasteiger partial charge is 0.322 e. The number of carbonyl (C=O) groups is 1. The Kier molecular flexibility index (Phi) is 6.53. The van der Waals surface area contributed by atoms with Gasteiger partial charge in [-0.3, -0.25) is 4.79 Å². The molecule has 1 atom stereocenters. The van der Waals surface area contributed by atoms with E-state index in [1.54, 1.807) is 7.11 Å². The van der Waals surface area contributed by atoms with Crippen LogP contribution in [-0.4, -0.2) is 26.2 Å². The predicted molar refractivity (Wildman–Crippen MR) is 63.9 cm³/mol. The Bertz CT molecular complexity index is 344. The number of methoxy groups -OCH3 is 2. The fourth-order valence-corrected chi connectivity index (χ4v) is 1.29. The van der Waals surface area contributed by atoms with Gasteiger partial charge in [0.05, 0.1) is 14.2 Å². The number of hydrogen-bond acceptors (Lipinski definition) is 4. The van der Waals surface area contributed by atoms with Gasteiger partial charge in [-0.05, 0) is 24.1 Å². The summed E-state index contributed by atoms with van der Waals surface area (Å²) in [4.78, 5) is 11.1. The molecule has 0 aromatic heterocycles. The normalized spacial score (nSPS) is 11.2. The Hall–Kier alpha value is -1.26. The number of benzene rings is 1. The van der Waals surface area contributed by atoms with Crippen molar-refractivity contribution in [2.75, 3.05) is 14.2 Å². The van der Waals surface area contributed by atoms with E-state index in [0.29, 0.717) is 6.42 Å². The average molecular weight is 246 g/mol. The molecule has 1 aromatic carbocycles. The van der Waals surface area contributed by atoms with E-state index < -0.39 is 12.0 Å². The van der Waals surface area contributed by atoms with E-state index in [0.717, 1.165) is 11.3 Å². The number of rotatable bonds is 4. The SMILES string of the molecule is COC(=O)[C@H](N)Cc1cccc(OC)c1.Cl. The Morgan fingerprint density at radius 3 is 2.69 bits per heavy atom. The number of carbonyl (C=O) groups excluding carboxylic acids is 1. The van der Waals surface area contributed by atoms with Crippen molar-refractivity contribution in [3.05, 3.63) is 29.8 Å². The van der Waals surface area contributed by atoms with Gasteiger partial charge in [-0.2, -0.15) is 0 Å². The van der Waals surface area contributed by atoms with Crippen LogP contribution >= 0.6 is 12.4 Å². The maximum Gasteiger partial charge on any atom is 0.322 e.